The summed E-state index contributed by atoms with van der Waals surface area (Å²) in [4.78, 5) is 25.3. The van der Waals surface area contributed by atoms with Gasteiger partial charge in [0.15, 0.2) is 5.82 Å². The summed E-state index contributed by atoms with van der Waals surface area (Å²) in [6.07, 6.45) is 4.98. The standard InChI is InChI=1S/C23H24F2N8O2/c1-30-12-20(26-14-30)27-22-19-3-2-4-33(19)29-23(28-22)32-7-5-31(6-8-32)21(35)11-16-17(24)9-15(13-34)10-18(16)25/h2-4,9-10,12,14,34H,5-8,11,13H2,1H3,(H,27,28,29). The Hall–Kier alpha value is -4.06. The fourth-order valence-corrected chi connectivity index (χ4v) is 4.08. The number of fused-ring (bicyclic) bond motifs is 1. The largest absolute Gasteiger partial charge is 0.392 e. The minimum absolute atomic E-state index is 0.126. The van der Waals surface area contributed by atoms with Gasteiger partial charge in [-0.1, -0.05) is 0 Å². The summed E-state index contributed by atoms with van der Waals surface area (Å²) >= 11 is 0. The van der Waals surface area contributed by atoms with Gasteiger partial charge in [-0.05, 0) is 29.8 Å². The highest BCUT2D eigenvalue weighted by Crippen LogP contribution is 2.23. The molecule has 2 N–H and O–H groups in total. The van der Waals surface area contributed by atoms with Gasteiger partial charge in [0.2, 0.25) is 11.9 Å². The normalized spacial score (nSPS) is 14.1. The third-order valence-electron chi connectivity index (χ3n) is 5.96. The number of piperazine rings is 1. The first kappa shape index (κ1) is 22.7. The maximum atomic E-state index is 14.2. The van der Waals surface area contributed by atoms with Crippen molar-refractivity contribution in [2.45, 2.75) is 13.0 Å². The topological polar surface area (TPSA) is 104 Å². The number of hydrogen-bond acceptors (Lipinski definition) is 7. The van der Waals surface area contributed by atoms with Gasteiger partial charge in [0.05, 0.1) is 19.4 Å². The fourth-order valence-electron chi connectivity index (χ4n) is 4.08. The molecule has 12 heteroatoms. The van der Waals surface area contributed by atoms with Crippen LogP contribution in [-0.2, 0) is 24.9 Å². The molecular formula is C23H24F2N8O2. The molecule has 0 saturated carbocycles. The van der Waals surface area contributed by atoms with Crippen LogP contribution in [0.2, 0.25) is 0 Å². The molecule has 0 unspecified atom stereocenters. The molecule has 0 radical (unpaired) electrons. The Morgan fingerprint density at radius 3 is 2.57 bits per heavy atom. The van der Waals surface area contributed by atoms with E-state index in [1.807, 2.05) is 41.0 Å². The highest BCUT2D eigenvalue weighted by Gasteiger charge is 2.25. The number of benzene rings is 1. The lowest BCUT2D eigenvalue weighted by Crippen LogP contribution is -2.50. The number of nitrogens with zero attached hydrogens (tertiary/aromatic N) is 7. The van der Waals surface area contributed by atoms with Crippen molar-refractivity contribution in [2.75, 3.05) is 36.4 Å². The van der Waals surface area contributed by atoms with Crippen molar-refractivity contribution in [1.29, 1.82) is 0 Å². The van der Waals surface area contributed by atoms with Crippen molar-refractivity contribution in [3.63, 3.8) is 0 Å². The second-order valence-corrected chi connectivity index (χ2v) is 8.39. The molecule has 1 aliphatic heterocycles. The number of aryl methyl sites for hydroxylation is 1. The molecule has 0 atom stereocenters. The van der Waals surface area contributed by atoms with Crippen LogP contribution in [0.4, 0.5) is 26.4 Å². The highest BCUT2D eigenvalue weighted by molar-refractivity contribution is 5.79. The van der Waals surface area contributed by atoms with Gasteiger partial charge in [-0.2, -0.15) is 4.98 Å². The lowest BCUT2D eigenvalue weighted by Gasteiger charge is -2.35. The van der Waals surface area contributed by atoms with Crippen LogP contribution >= 0.6 is 0 Å². The van der Waals surface area contributed by atoms with Gasteiger partial charge >= 0.3 is 0 Å². The van der Waals surface area contributed by atoms with Crippen LogP contribution in [0.3, 0.4) is 0 Å². The van der Waals surface area contributed by atoms with E-state index in [1.165, 1.54) is 0 Å². The average molecular weight is 482 g/mol. The number of rotatable bonds is 6. The van der Waals surface area contributed by atoms with Crippen LogP contribution in [0.1, 0.15) is 11.1 Å². The first-order valence-electron chi connectivity index (χ1n) is 11.1. The molecular weight excluding hydrogens is 458 g/mol. The molecule has 0 aliphatic carbocycles. The van der Waals surface area contributed by atoms with Crippen molar-refractivity contribution in [1.82, 2.24) is 29.0 Å². The summed E-state index contributed by atoms with van der Waals surface area (Å²) < 4.78 is 32.0. The Morgan fingerprint density at radius 2 is 1.91 bits per heavy atom. The number of anilines is 3. The number of aliphatic hydroxyl groups excluding tert-OH is 1. The Balaban J connectivity index is 1.28. The van der Waals surface area contributed by atoms with E-state index in [1.54, 1.807) is 15.7 Å². The van der Waals surface area contributed by atoms with Crippen LogP contribution in [0.15, 0.2) is 43.0 Å². The van der Waals surface area contributed by atoms with Crippen LogP contribution in [-0.4, -0.2) is 66.2 Å². The lowest BCUT2D eigenvalue weighted by molar-refractivity contribution is -0.130. The van der Waals surface area contributed by atoms with Gasteiger partial charge < -0.3 is 24.8 Å². The molecule has 1 aliphatic rings. The van der Waals surface area contributed by atoms with E-state index in [0.717, 1.165) is 17.6 Å². The maximum Gasteiger partial charge on any atom is 0.245 e. The van der Waals surface area contributed by atoms with Crippen molar-refractivity contribution in [3.05, 3.63) is 65.7 Å². The summed E-state index contributed by atoms with van der Waals surface area (Å²) in [5.74, 6) is -0.268. The van der Waals surface area contributed by atoms with Gasteiger partial charge in [-0.15, -0.1) is 5.10 Å². The van der Waals surface area contributed by atoms with Gasteiger partial charge in [-0.25, -0.2) is 18.3 Å². The number of hydrogen-bond donors (Lipinski definition) is 2. The molecule has 1 fully saturated rings. The molecule has 4 heterocycles. The predicted octanol–water partition coefficient (Wildman–Crippen LogP) is 1.87. The molecule has 5 rings (SSSR count). The Bertz CT molecular complexity index is 1350. The van der Waals surface area contributed by atoms with Crippen LogP contribution < -0.4 is 10.2 Å². The lowest BCUT2D eigenvalue weighted by atomic mass is 10.1. The molecule has 1 saturated heterocycles. The van der Waals surface area contributed by atoms with Crippen LogP contribution in [0.25, 0.3) is 5.52 Å². The molecule has 1 aromatic carbocycles. The van der Waals surface area contributed by atoms with Gasteiger partial charge in [0, 0.05) is 51.2 Å². The van der Waals surface area contributed by atoms with E-state index in [-0.39, 0.29) is 23.5 Å². The molecule has 10 nitrogen and oxygen atoms in total. The molecule has 35 heavy (non-hydrogen) atoms. The average Bonchev–Trinajstić information content (AvgIpc) is 3.50. The third-order valence-corrected chi connectivity index (χ3v) is 5.96. The number of aromatic nitrogens is 5. The second-order valence-electron chi connectivity index (χ2n) is 8.39. The number of imidazole rings is 1. The molecule has 182 valence electrons. The Kier molecular flexibility index (Phi) is 6.03. The molecule has 4 aromatic rings. The van der Waals surface area contributed by atoms with Crippen LogP contribution in [0.5, 0.6) is 0 Å². The number of aliphatic hydroxyl groups is 1. The van der Waals surface area contributed by atoms with E-state index in [2.05, 4.69) is 20.4 Å². The van der Waals surface area contributed by atoms with E-state index < -0.39 is 18.2 Å². The molecule has 0 spiro atoms. The first-order valence-corrected chi connectivity index (χ1v) is 11.1. The summed E-state index contributed by atoms with van der Waals surface area (Å²) in [7, 11) is 1.88. The van der Waals surface area contributed by atoms with E-state index in [0.29, 0.717) is 43.8 Å². The van der Waals surface area contributed by atoms with Crippen molar-refractivity contribution < 1.29 is 18.7 Å². The van der Waals surface area contributed by atoms with Crippen molar-refractivity contribution in [2.24, 2.45) is 7.05 Å². The number of halogens is 2. The molecule has 1 amide bonds. The third kappa shape index (κ3) is 4.64. The predicted molar refractivity (Wildman–Crippen MR) is 124 cm³/mol. The summed E-state index contributed by atoms with van der Waals surface area (Å²) in [6, 6.07) is 5.88. The maximum absolute atomic E-state index is 14.2. The zero-order chi connectivity index (χ0) is 24.5. The fraction of sp³-hybridized carbons (Fsp3) is 0.304. The van der Waals surface area contributed by atoms with Gasteiger partial charge in [0.25, 0.3) is 0 Å². The van der Waals surface area contributed by atoms with Gasteiger partial charge in [0.1, 0.15) is 23.0 Å². The van der Waals surface area contributed by atoms with Crippen molar-refractivity contribution in [3.8, 4) is 0 Å². The minimum atomic E-state index is -0.831. The SMILES string of the molecule is Cn1cnc(Nc2nc(N3CCN(C(=O)Cc4c(F)cc(CO)cc4F)CC3)nn3cccc23)c1. The number of carbonyl (C=O) groups excluding carboxylic acids is 1. The monoisotopic (exact) mass is 482 g/mol. The molecule has 3 aromatic heterocycles. The number of amides is 1. The Morgan fingerprint density at radius 1 is 1.17 bits per heavy atom. The summed E-state index contributed by atoms with van der Waals surface area (Å²) in [6.45, 7) is 1.20. The second kappa shape index (κ2) is 9.29. The minimum Gasteiger partial charge on any atom is -0.392 e. The van der Waals surface area contributed by atoms with Crippen LogP contribution in [0, 0.1) is 11.6 Å². The van der Waals surface area contributed by atoms with E-state index in [9.17, 15) is 13.6 Å². The first-order chi connectivity index (χ1) is 16.9. The highest BCUT2D eigenvalue weighted by atomic mass is 19.1. The zero-order valence-electron chi connectivity index (χ0n) is 19.0. The summed E-state index contributed by atoms with van der Waals surface area (Å²) in [5, 5.41) is 16.9. The Labute approximate surface area is 199 Å². The zero-order valence-corrected chi connectivity index (χ0v) is 19.0. The van der Waals surface area contributed by atoms with Crippen molar-refractivity contribution >= 4 is 29.0 Å². The van der Waals surface area contributed by atoms with Gasteiger partial charge in [-0.3, -0.25) is 4.79 Å². The molecule has 0 bridgehead atoms. The summed E-state index contributed by atoms with van der Waals surface area (Å²) in [5.41, 5.74) is 0.632. The number of nitrogens with one attached hydrogen (secondary N) is 1. The number of carbonyl (C=O) groups is 1. The van der Waals surface area contributed by atoms with E-state index in [4.69, 9.17) is 5.11 Å². The smallest absolute Gasteiger partial charge is 0.245 e. The quantitative estimate of drug-likeness (QED) is 0.432. The van der Waals surface area contributed by atoms with E-state index >= 15 is 0 Å².